The van der Waals surface area contributed by atoms with E-state index in [0.717, 1.165) is 23.4 Å². The van der Waals surface area contributed by atoms with E-state index in [4.69, 9.17) is 4.99 Å². The van der Waals surface area contributed by atoms with Crippen molar-refractivity contribution in [1.29, 1.82) is 0 Å². The van der Waals surface area contributed by atoms with Crippen molar-refractivity contribution >= 4 is 23.2 Å². The molecule has 0 aromatic heterocycles. The average Bonchev–Trinajstić information content (AvgIpc) is 2.82. The summed E-state index contributed by atoms with van der Waals surface area (Å²) in [6.07, 6.45) is 0.780. The molecule has 0 saturated heterocycles. The van der Waals surface area contributed by atoms with Gasteiger partial charge in [-0.15, -0.1) is 11.8 Å². The number of aliphatic imine (C=N–C) groups is 1. The van der Waals surface area contributed by atoms with Gasteiger partial charge in [0, 0.05) is 22.1 Å². The van der Waals surface area contributed by atoms with Gasteiger partial charge in [-0.25, -0.2) is 0 Å². The van der Waals surface area contributed by atoms with Crippen LogP contribution in [0.1, 0.15) is 28.4 Å². The number of benzene rings is 3. The van der Waals surface area contributed by atoms with E-state index < -0.39 is 0 Å². The van der Waals surface area contributed by atoms with E-state index in [-0.39, 0.29) is 11.0 Å². The summed E-state index contributed by atoms with van der Waals surface area (Å²) in [5, 5.41) is 10.6. The first-order valence-electron chi connectivity index (χ1n) is 8.39. The first-order valence-corrected chi connectivity index (χ1v) is 9.27. The summed E-state index contributed by atoms with van der Waals surface area (Å²) in [6.45, 7) is 2.16. The molecule has 25 heavy (non-hydrogen) atoms. The van der Waals surface area contributed by atoms with Crippen molar-refractivity contribution in [3.05, 3.63) is 89.5 Å². The fourth-order valence-corrected chi connectivity index (χ4v) is 4.55. The van der Waals surface area contributed by atoms with E-state index in [1.165, 1.54) is 16.0 Å². The maximum Gasteiger partial charge on any atom is 0.124 e. The molecule has 0 radical (unpaired) electrons. The molecule has 124 valence electrons. The van der Waals surface area contributed by atoms with E-state index >= 15 is 0 Å². The smallest absolute Gasteiger partial charge is 0.124 e. The Morgan fingerprint density at radius 3 is 2.48 bits per heavy atom. The third kappa shape index (κ3) is 3.20. The van der Waals surface area contributed by atoms with Crippen LogP contribution in [0.5, 0.6) is 5.75 Å². The van der Waals surface area contributed by atoms with Crippen LogP contribution in [0.2, 0.25) is 0 Å². The summed E-state index contributed by atoms with van der Waals surface area (Å²) in [7, 11) is 0. The van der Waals surface area contributed by atoms with Gasteiger partial charge >= 0.3 is 0 Å². The van der Waals surface area contributed by atoms with Crippen molar-refractivity contribution in [2.75, 3.05) is 0 Å². The minimum Gasteiger partial charge on any atom is -0.507 e. The lowest BCUT2D eigenvalue weighted by atomic mass is 9.98. The molecule has 1 atom stereocenters. The highest BCUT2D eigenvalue weighted by Gasteiger charge is 2.24. The predicted molar refractivity (Wildman–Crippen MR) is 105 cm³/mol. The van der Waals surface area contributed by atoms with E-state index in [0.29, 0.717) is 0 Å². The molecular weight excluding hydrogens is 326 g/mol. The fourth-order valence-electron chi connectivity index (χ4n) is 3.22. The van der Waals surface area contributed by atoms with Crippen LogP contribution in [-0.2, 0) is 0 Å². The molecule has 0 fully saturated rings. The second-order valence-electron chi connectivity index (χ2n) is 6.21. The number of rotatable bonds is 2. The van der Waals surface area contributed by atoms with E-state index in [2.05, 4.69) is 43.3 Å². The van der Waals surface area contributed by atoms with Crippen LogP contribution in [0, 0.1) is 6.92 Å². The number of phenolic OH excluding ortho intramolecular Hbond substituents is 1. The highest BCUT2D eigenvalue weighted by molar-refractivity contribution is 7.99. The number of thioether (sulfide) groups is 1. The molecule has 0 aliphatic carbocycles. The van der Waals surface area contributed by atoms with Gasteiger partial charge in [0.1, 0.15) is 5.75 Å². The molecule has 1 aliphatic rings. The summed E-state index contributed by atoms with van der Waals surface area (Å²) in [5.41, 5.74) is 5.34. The van der Waals surface area contributed by atoms with Gasteiger partial charge in [0.2, 0.25) is 0 Å². The number of hydrogen-bond acceptors (Lipinski definition) is 3. The lowest BCUT2D eigenvalue weighted by Crippen LogP contribution is -2.06. The topological polar surface area (TPSA) is 32.6 Å². The van der Waals surface area contributed by atoms with Gasteiger partial charge in [-0.05, 0) is 42.3 Å². The third-order valence-corrected chi connectivity index (χ3v) is 5.82. The fraction of sp³-hybridized carbons (Fsp3) is 0.136. The normalized spacial score (nSPS) is 16.7. The molecule has 3 aromatic rings. The number of nitrogens with zero attached hydrogens (tertiary/aromatic N) is 1. The minimum absolute atomic E-state index is 0.267. The molecule has 1 aliphatic heterocycles. The van der Waals surface area contributed by atoms with Gasteiger partial charge < -0.3 is 5.11 Å². The van der Waals surface area contributed by atoms with Gasteiger partial charge in [0.25, 0.3) is 0 Å². The van der Waals surface area contributed by atoms with Crippen molar-refractivity contribution in [1.82, 2.24) is 0 Å². The molecule has 4 rings (SSSR count). The number of aryl methyl sites for hydroxylation is 1. The average molecular weight is 345 g/mol. The Balaban J connectivity index is 1.85. The van der Waals surface area contributed by atoms with Gasteiger partial charge in [0.15, 0.2) is 0 Å². The highest BCUT2D eigenvalue weighted by atomic mass is 32.2. The van der Waals surface area contributed by atoms with Crippen LogP contribution in [0.3, 0.4) is 0 Å². The second-order valence-corrected chi connectivity index (χ2v) is 7.46. The summed E-state index contributed by atoms with van der Waals surface area (Å²) < 4.78 is 0. The maximum atomic E-state index is 10.3. The molecule has 1 unspecified atom stereocenters. The zero-order valence-corrected chi connectivity index (χ0v) is 14.8. The quantitative estimate of drug-likeness (QED) is 0.612. The predicted octanol–water partition coefficient (Wildman–Crippen LogP) is 6.06. The van der Waals surface area contributed by atoms with E-state index in [1.54, 1.807) is 6.07 Å². The lowest BCUT2D eigenvalue weighted by molar-refractivity contribution is 0.474. The van der Waals surface area contributed by atoms with Crippen LogP contribution >= 0.6 is 11.8 Å². The summed E-state index contributed by atoms with van der Waals surface area (Å²) in [6, 6.07) is 24.2. The Labute approximate surface area is 152 Å². The number of para-hydroxylation sites is 2. The molecule has 1 N–H and O–H groups in total. The Hall–Kier alpha value is -2.52. The minimum atomic E-state index is 0.267. The monoisotopic (exact) mass is 345 g/mol. The van der Waals surface area contributed by atoms with Gasteiger partial charge in [-0.2, -0.15) is 0 Å². The second kappa shape index (κ2) is 6.77. The van der Waals surface area contributed by atoms with Gasteiger partial charge in [-0.1, -0.05) is 48.5 Å². The number of fused-ring (bicyclic) bond motifs is 1. The van der Waals surface area contributed by atoms with Crippen LogP contribution in [-0.4, -0.2) is 10.8 Å². The van der Waals surface area contributed by atoms with Crippen LogP contribution in [0.25, 0.3) is 0 Å². The molecule has 0 bridgehead atoms. The van der Waals surface area contributed by atoms with Crippen molar-refractivity contribution in [3.8, 4) is 5.75 Å². The lowest BCUT2D eigenvalue weighted by Gasteiger charge is -2.18. The molecular formula is C22H19NOS. The summed E-state index contributed by atoms with van der Waals surface area (Å²) in [5.74, 6) is 0.286. The SMILES string of the molecule is Cc1ccccc1C1CC(c2ccccc2O)=Nc2ccccc2S1. The van der Waals surface area contributed by atoms with Crippen molar-refractivity contribution in [2.24, 2.45) is 4.99 Å². The van der Waals surface area contributed by atoms with Crippen molar-refractivity contribution in [3.63, 3.8) is 0 Å². The van der Waals surface area contributed by atoms with Gasteiger partial charge in [0.05, 0.1) is 11.4 Å². The molecule has 1 heterocycles. The molecule has 3 heteroatoms. The Kier molecular flexibility index (Phi) is 4.33. The number of aromatic hydroxyl groups is 1. The van der Waals surface area contributed by atoms with Crippen molar-refractivity contribution < 1.29 is 5.11 Å². The van der Waals surface area contributed by atoms with E-state index in [1.807, 2.05) is 42.1 Å². The molecule has 0 saturated carbocycles. The van der Waals surface area contributed by atoms with Crippen LogP contribution < -0.4 is 0 Å². The molecule has 0 spiro atoms. The first kappa shape index (κ1) is 16.0. The first-order chi connectivity index (χ1) is 12.2. The third-order valence-electron chi connectivity index (χ3n) is 4.52. The Morgan fingerprint density at radius 2 is 1.64 bits per heavy atom. The largest absolute Gasteiger partial charge is 0.507 e. The summed E-state index contributed by atoms with van der Waals surface area (Å²) in [4.78, 5) is 6.09. The molecule has 2 nitrogen and oxygen atoms in total. The van der Waals surface area contributed by atoms with Crippen LogP contribution in [0.4, 0.5) is 5.69 Å². The Bertz CT molecular complexity index is 948. The standard InChI is InChI=1S/C22H19NOS/c1-15-8-2-3-9-16(15)22-14-19(17-10-4-6-12-20(17)24)23-18-11-5-7-13-21(18)25-22/h2-13,22,24H,14H2,1H3. The van der Waals surface area contributed by atoms with Crippen LogP contribution in [0.15, 0.2) is 82.7 Å². The van der Waals surface area contributed by atoms with Gasteiger partial charge in [-0.3, -0.25) is 4.99 Å². The maximum absolute atomic E-state index is 10.3. The Morgan fingerprint density at radius 1 is 0.920 bits per heavy atom. The number of hydrogen-bond donors (Lipinski definition) is 1. The van der Waals surface area contributed by atoms with E-state index in [9.17, 15) is 5.11 Å². The van der Waals surface area contributed by atoms with Crippen molar-refractivity contribution in [2.45, 2.75) is 23.5 Å². The highest BCUT2D eigenvalue weighted by Crippen LogP contribution is 2.46. The number of phenols is 1. The summed E-state index contributed by atoms with van der Waals surface area (Å²) >= 11 is 1.85. The molecule has 0 amide bonds. The zero-order valence-electron chi connectivity index (χ0n) is 14.0. The zero-order chi connectivity index (χ0) is 17.2. The molecule has 3 aromatic carbocycles.